The zero-order valence-electron chi connectivity index (χ0n) is 18.0. The van der Waals surface area contributed by atoms with E-state index in [0.717, 1.165) is 21.9 Å². The van der Waals surface area contributed by atoms with Gasteiger partial charge in [-0.15, -0.1) is 5.10 Å². The Morgan fingerprint density at radius 2 is 2.18 bits per heavy atom. The van der Waals surface area contributed by atoms with E-state index in [9.17, 15) is 13.6 Å². The number of amides is 1. The van der Waals surface area contributed by atoms with E-state index in [1.807, 2.05) is 6.08 Å². The minimum Gasteiger partial charge on any atom is -0.444 e. The maximum absolute atomic E-state index is 14.4. The number of nitrogens with two attached hydrogens (primary N) is 1. The minimum absolute atomic E-state index is 0.122. The Balaban J connectivity index is 1.39. The molecule has 0 saturated carbocycles. The summed E-state index contributed by atoms with van der Waals surface area (Å²) in [5, 5.41) is 11.4. The number of halogens is 2. The molecule has 0 spiro atoms. The summed E-state index contributed by atoms with van der Waals surface area (Å²) < 4.78 is 39.9. The van der Waals surface area contributed by atoms with E-state index >= 15 is 0 Å². The van der Waals surface area contributed by atoms with Crippen molar-refractivity contribution in [1.29, 1.82) is 0 Å². The number of ether oxygens (including phenoxy) is 2. The molecule has 176 valence electrons. The lowest BCUT2D eigenvalue weighted by Gasteiger charge is -2.27. The molecule has 0 radical (unpaired) electrons. The Morgan fingerprint density at radius 3 is 2.94 bits per heavy atom. The number of rotatable bonds is 4. The summed E-state index contributed by atoms with van der Waals surface area (Å²) in [4.78, 5) is 18.3. The van der Waals surface area contributed by atoms with Crippen LogP contribution in [0.4, 0.5) is 19.4 Å². The maximum atomic E-state index is 14.4. The first-order valence-corrected chi connectivity index (χ1v) is 10.7. The van der Waals surface area contributed by atoms with Crippen LogP contribution in [0, 0.1) is 11.6 Å². The second-order valence-electron chi connectivity index (χ2n) is 7.94. The highest BCUT2D eigenvalue weighted by Gasteiger charge is 2.26. The fourth-order valence-electron chi connectivity index (χ4n) is 3.92. The van der Waals surface area contributed by atoms with Crippen molar-refractivity contribution >= 4 is 17.5 Å². The second-order valence-corrected chi connectivity index (χ2v) is 7.94. The molecule has 0 bridgehead atoms. The van der Waals surface area contributed by atoms with Gasteiger partial charge in [-0.25, -0.2) is 18.6 Å². The van der Waals surface area contributed by atoms with E-state index in [0.29, 0.717) is 44.7 Å². The highest BCUT2D eigenvalue weighted by atomic mass is 19.2. The predicted molar refractivity (Wildman–Crippen MR) is 117 cm³/mol. The van der Waals surface area contributed by atoms with Crippen molar-refractivity contribution in [3.63, 3.8) is 0 Å². The average molecular weight is 469 g/mol. The molecule has 0 aliphatic carbocycles. The topological polar surface area (TPSA) is 121 Å². The monoisotopic (exact) mass is 469 g/mol. The third-order valence-electron chi connectivity index (χ3n) is 5.78. The van der Waals surface area contributed by atoms with Gasteiger partial charge in [0, 0.05) is 25.7 Å². The lowest BCUT2D eigenvalue weighted by atomic mass is 9.99. The Morgan fingerprint density at radius 1 is 1.29 bits per heavy atom. The molecule has 10 nitrogen and oxygen atoms in total. The molecule has 4 heterocycles. The van der Waals surface area contributed by atoms with E-state index in [-0.39, 0.29) is 29.5 Å². The Kier molecular flexibility index (Phi) is 5.88. The molecule has 1 fully saturated rings. The summed E-state index contributed by atoms with van der Waals surface area (Å²) in [6.45, 7) is 1.89. The third-order valence-corrected chi connectivity index (χ3v) is 5.78. The molecule has 3 aromatic rings. The summed E-state index contributed by atoms with van der Waals surface area (Å²) in [7, 11) is 0. The van der Waals surface area contributed by atoms with E-state index in [2.05, 4.69) is 20.5 Å². The van der Waals surface area contributed by atoms with Crippen LogP contribution in [0.5, 0.6) is 0 Å². The van der Waals surface area contributed by atoms with Crippen LogP contribution in [-0.4, -0.2) is 68.6 Å². The van der Waals surface area contributed by atoms with Crippen molar-refractivity contribution in [2.45, 2.75) is 18.9 Å². The quantitative estimate of drug-likeness (QED) is 0.619. The first-order chi connectivity index (χ1) is 16.5. The predicted octanol–water partition coefficient (Wildman–Crippen LogP) is 2.60. The van der Waals surface area contributed by atoms with Crippen molar-refractivity contribution in [1.82, 2.24) is 30.1 Å². The molecule has 1 atom stereocenters. The molecule has 1 amide bonds. The number of pyridine rings is 1. The van der Waals surface area contributed by atoms with Crippen molar-refractivity contribution in [2.75, 3.05) is 32.0 Å². The van der Waals surface area contributed by atoms with Gasteiger partial charge in [0.2, 0.25) is 0 Å². The third kappa shape index (κ3) is 4.19. The van der Waals surface area contributed by atoms with Crippen LogP contribution in [0.15, 0.2) is 36.5 Å². The lowest BCUT2D eigenvalue weighted by molar-refractivity contribution is 0.0569. The van der Waals surface area contributed by atoms with Crippen LogP contribution in [0.25, 0.3) is 22.6 Å². The molecular formula is C22H21F2N7O3. The maximum Gasteiger partial charge on any atom is 0.410 e. The Bertz CT molecular complexity index is 1260. The van der Waals surface area contributed by atoms with Gasteiger partial charge in [-0.05, 0) is 46.2 Å². The normalized spacial score (nSPS) is 18.1. The molecule has 2 aliphatic heterocycles. The number of benzene rings is 1. The van der Waals surface area contributed by atoms with Gasteiger partial charge in [0.1, 0.15) is 17.6 Å². The fourth-order valence-corrected chi connectivity index (χ4v) is 3.92. The number of nitrogen functional groups attached to an aromatic ring is 1. The number of hydrogen-bond donors (Lipinski definition) is 1. The van der Waals surface area contributed by atoms with Crippen molar-refractivity contribution in [3.8, 4) is 17.1 Å². The van der Waals surface area contributed by atoms with Crippen LogP contribution < -0.4 is 5.73 Å². The first-order valence-electron chi connectivity index (χ1n) is 10.7. The molecular weight excluding hydrogens is 448 g/mol. The van der Waals surface area contributed by atoms with E-state index in [1.165, 1.54) is 12.1 Å². The molecule has 1 saturated heterocycles. The SMILES string of the molecule is Nc1ncc(C2=CCN(C(=O)OC3CCOC3)CC2)cc1-c1nnnn1-c1cccc(F)c1F. The van der Waals surface area contributed by atoms with Gasteiger partial charge in [-0.2, -0.15) is 4.68 Å². The van der Waals surface area contributed by atoms with Crippen LogP contribution >= 0.6 is 0 Å². The molecule has 5 rings (SSSR count). The zero-order chi connectivity index (χ0) is 23.7. The highest BCUT2D eigenvalue weighted by molar-refractivity contribution is 5.77. The number of nitrogens with zero attached hydrogens (tertiary/aromatic N) is 6. The molecule has 12 heteroatoms. The fraction of sp³-hybridized carbons (Fsp3) is 0.318. The van der Waals surface area contributed by atoms with Gasteiger partial charge >= 0.3 is 6.09 Å². The summed E-state index contributed by atoms with van der Waals surface area (Å²) in [6, 6.07) is 5.48. The van der Waals surface area contributed by atoms with Gasteiger partial charge in [0.05, 0.1) is 18.8 Å². The first kappa shape index (κ1) is 21.9. The number of anilines is 1. The average Bonchev–Trinajstić information content (AvgIpc) is 3.54. The number of aromatic nitrogens is 5. The van der Waals surface area contributed by atoms with Gasteiger partial charge in [0.25, 0.3) is 0 Å². The number of hydrogen-bond acceptors (Lipinski definition) is 8. The van der Waals surface area contributed by atoms with Gasteiger partial charge < -0.3 is 20.1 Å². The molecule has 2 aliphatic rings. The van der Waals surface area contributed by atoms with Gasteiger partial charge in [0.15, 0.2) is 17.5 Å². The second kappa shape index (κ2) is 9.14. The molecule has 2 aromatic heterocycles. The Labute approximate surface area is 193 Å². The summed E-state index contributed by atoms with van der Waals surface area (Å²) in [5.41, 5.74) is 8.02. The van der Waals surface area contributed by atoms with Crippen LogP contribution in [0.2, 0.25) is 0 Å². The molecule has 34 heavy (non-hydrogen) atoms. The van der Waals surface area contributed by atoms with Crippen LogP contribution in [0.1, 0.15) is 18.4 Å². The number of carbonyl (C=O) groups excluding carboxylic acids is 1. The Hall–Kier alpha value is -3.93. The number of tetrazole rings is 1. The van der Waals surface area contributed by atoms with Crippen molar-refractivity contribution in [3.05, 3.63) is 53.7 Å². The van der Waals surface area contributed by atoms with E-state index < -0.39 is 11.6 Å². The summed E-state index contributed by atoms with van der Waals surface area (Å²) in [5.74, 6) is -1.84. The molecule has 1 unspecified atom stereocenters. The van der Waals surface area contributed by atoms with Crippen LogP contribution in [-0.2, 0) is 9.47 Å². The van der Waals surface area contributed by atoms with Crippen molar-refractivity contribution in [2.24, 2.45) is 0 Å². The van der Waals surface area contributed by atoms with Crippen LogP contribution in [0.3, 0.4) is 0 Å². The van der Waals surface area contributed by atoms with E-state index in [1.54, 1.807) is 17.2 Å². The summed E-state index contributed by atoms with van der Waals surface area (Å²) >= 11 is 0. The van der Waals surface area contributed by atoms with Gasteiger partial charge in [-0.1, -0.05) is 12.1 Å². The summed E-state index contributed by atoms with van der Waals surface area (Å²) in [6.07, 6.45) is 4.26. The standard InChI is InChI=1S/C22H21F2N7O3/c23-17-2-1-3-18(19(17)24)31-21(27-28-29-31)16-10-14(11-26-20(16)25)13-4-7-30(8-5-13)22(32)34-15-6-9-33-12-15/h1-4,10-11,15H,5-9,12H2,(H2,25,26). The highest BCUT2D eigenvalue weighted by Crippen LogP contribution is 2.30. The minimum atomic E-state index is -1.08. The van der Waals surface area contributed by atoms with Gasteiger partial charge in [-0.3, -0.25) is 0 Å². The van der Waals surface area contributed by atoms with Crippen molar-refractivity contribution < 1.29 is 23.0 Å². The lowest BCUT2D eigenvalue weighted by Crippen LogP contribution is -2.37. The smallest absolute Gasteiger partial charge is 0.410 e. The molecule has 2 N–H and O–H groups in total. The molecule has 1 aromatic carbocycles. The zero-order valence-corrected chi connectivity index (χ0v) is 18.0. The largest absolute Gasteiger partial charge is 0.444 e. The number of carbonyl (C=O) groups is 1. The van der Waals surface area contributed by atoms with E-state index in [4.69, 9.17) is 15.2 Å².